The fourth-order valence-electron chi connectivity index (χ4n) is 2.79. The summed E-state index contributed by atoms with van der Waals surface area (Å²) in [4.78, 5) is 0. The molecule has 0 aliphatic carbocycles. The van der Waals surface area contributed by atoms with Gasteiger partial charge in [0.1, 0.15) is 16.5 Å². The van der Waals surface area contributed by atoms with E-state index in [9.17, 15) is 10.2 Å². The summed E-state index contributed by atoms with van der Waals surface area (Å²) < 4.78 is 0. The summed E-state index contributed by atoms with van der Waals surface area (Å²) >= 11 is 1.46. The summed E-state index contributed by atoms with van der Waals surface area (Å²) in [5.74, 6) is 0.0649. The van der Waals surface area contributed by atoms with Crippen LogP contribution in [0.3, 0.4) is 0 Å². The Morgan fingerprint density at radius 1 is 0.962 bits per heavy atom. The molecule has 2 heterocycles. The maximum absolute atomic E-state index is 10.3. The Bertz CT molecular complexity index is 1060. The van der Waals surface area contributed by atoms with Crippen molar-refractivity contribution < 1.29 is 10.2 Å². The average molecular weight is 364 g/mol. The third-order valence-electron chi connectivity index (χ3n) is 4.16. The van der Waals surface area contributed by atoms with Gasteiger partial charge in [0.25, 0.3) is 0 Å². The molecule has 0 saturated heterocycles. The van der Waals surface area contributed by atoms with E-state index in [-0.39, 0.29) is 11.5 Å². The van der Waals surface area contributed by atoms with Crippen LogP contribution in [0.5, 0.6) is 11.5 Å². The van der Waals surface area contributed by atoms with E-state index < -0.39 is 0 Å². The second-order valence-corrected chi connectivity index (χ2v) is 6.77. The Morgan fingerprint density at radius 3 is 2.50 bits per heavy atom. The van der Waals surface area contributed by atoms with Crippen LogP contribution in [0.2, 0.25) is 0 Å². The predicted octanol–water partition coefficient (Wildman–Crippen LogP) is 4.24. The molecule has 0 radical (unpaired) electrons. The van der Waals surface area contributed by atoms with Gasteiger partial charge in [0.05, 0.1) is 17.5 Å². The van der Waals surface area contributed by atoms with Crippen molar-refractivity contribution in [2.75, 3.05) is 0 Å². The molecule has 0 aliphatic rings. The first-order valence-corrected chi connectivity index (χ1v) is 8.97. The SMILES string of the molecule is CCc1cc(-c2[nH]ncc2-c2nnc(-c3ccccc3)s2)c(O)cc1O. The molecule has 0 spiro atoms. The number of aromatic amines is 1. The molecule has 0 saturated carbocycles. The number of H-pyrrole nitrogens is 1. The number of hydrogen-bond acceptors (Lipinski definition) is 6. The molecule has 0 unspecified atom stereocenters. The first kappa shape index (κ1) is 16.3. The molecule has 2 aromatic heterocycles. The molecule has 0 bridgehead atoms. The minimum Gasteiger partial charge on any atom is -0.508 e. The Kier molecular flexibility index (Phi) is 4.14. The lowest BCUT2D eigenvalue weighted by Crippen LogP contribution is -1.88. The molecule has 4 rings (SSSR count). The Labute approximate surface area is 153 Å². The second kappa shape index (κ2) is 6.61. The van der Waals surface area contributed by atoms with Crippen molar-refractivity contribution in [3.8, 4) is 43.9 Å². The summed E-state index contributed by atoms with van der Waals surface area (Å²) in [6.07, 6.45) is 2.32. The Hall–Kier alpha value is -3.19. The fraction of sp³-hybridized carbons (Fsp3) is 0.105. The van der Waals surface area contributed by atoms with Crippen molar-refractivity contribution in [3.05, 3.63) is 54.2 Å². The lowest BCUT2D eigenvalue weighted by Gasteiger charge is -2.08. The third kappa shape index (κ3) is 2.82. The first-order valence-electron chi connectivity index (χ1n) is 8.15. The molecule has 2 aromatic carbocycles. The molecule has 0 atom stereocenters. The van der Waals surface area contributed by atoms with Gasteiger partial charge in [-0.05, 0) is 18.1 Å². The van der Waals surface area contributed by atoms with Crippen molar-refractivity contribution in [2.45, 2.75) is 13.3 Å². The van der Waals surface area contributed by atoms with Crippen LogP contribution in [0.1, 0.15) is 12.5 Å². The highest BCUT2D eigenvalue weighted by atomic mass is 32.1. The molecule has 0 fully saturated rings. The highest BCUT2D eigenvalue weighted by molar-refractivity contribution is 7.18. The molecular weight excluding hydrogens is 348 g/mol. The van der Waals surface area contributed by atoms with Gasteiger partial charge in [-0.25, -0.2) is 0 Å². The monoisotopic (exact) mass is 364 g/mol. The van der Waals surface area contributed by atoms with Crippen molar-refractivity contribution in [2.24, 2.45) is 0 Å². The number of nitrogens with one attached hydrogen (secondary N) is 1. The first-order chi connectivity index (χ1) is 12.7. The van der Waals surface area contributed by atoms with Crippen LogP contribution in [0.15, 0.2) is 48.7 Å². The van der Waals surface area contributed by atoms with E-state index in [0.717, 1.165) is 21.7 Å². The minimum absolute atomic E-state index is 0.0157. The van der Waals surface area contributed by atoms with Gasteiger partial charge in [-0.15, -0.1) is 10.2 Å². The molecular formula is C19H16N4O2S. The Morgan fingerprint density at radius 2 is 1.73 bits per heavy atom. The van der Waals surface area contributed by atoms with E-state index in [0.29, 0.717) is 22.7 Å². The third-order valence-corrected chi connectivity index (χ3v) is 5.17. The number of aryl methyl sites for hydroxylation is 1. The van der Waals surface area contributed by atoms with Gasteiger partial charge < -0.3 is 10.2 Å². The summed E-state index contributed by atoms with van der Waals surface area (Å²) in [7, 11) is 0. The van der Waals surface area contributed by atoms with Gasteiger partial charge in [0.15, 0.2) is 5.01 Å². The molecule has 6 nitrogen and oxygen atoms in total. The van der Waals surface area contributed by atoms with Crippen molar-refractivity contribution in [1.29, 1.82) is 0 Å². The lowest BCUT2D eigenvalue weighted by molar-refractivity contribution is 0.447. The van der Waals surface area contributed by atoms with Crippen molar-refractivity contribution >= 4 is 11.3 Å². The van der Waals surface area contributed by atoms with Crippen LogP contribution in [-0.2, 0) is 6.42 Å². The summed E-state index contributed by atoms with van der Waals surface area (Å²) in [5, 5.41) is 37.3. The van der Waals surface area contributed by atoms with Crippen molar-refractivity contribution in [1.82, 2.24) is 20.4 Å². The average Bonchev–Trinajstić information content (AvgIpc) is 3.32. The van der Waals surface area contributed by atoms with Gasteiger partial charge in [-0.1, -0.05) is 48.6 Å². The van der Waals surface area contributed by atoms with Crippen LogP contribution in [0.4, 0.5) is 0 Å². The molecule has 0 aliphatic heterocycles. The van der Waals surface area contributed by atoms with E-state index >= 15 is 0 Å². The highest BCUT2D eigenvalue weighted by Gasteiger charge is 2.19. The van der Waals surface area contributed by atoms with E-state index in [1.54, 1.807) is 12.3 Å². The van der Waals surface area contributed by atoms with E-state index in [4.69, 9.17) is 0 Å². The molecule has 0 amide bonds. The zero-order valence-electron chi connectivity index (χ0n) is 14.0. The molecule has 130 valence electrons. The molecule has 4 aromatic rings. The summed E-state index contributed by atoms with van der Waals surface area (Å²) in [6, 6.07) is 13.0. The standard InChI is InChI=1S/C19H16N4O2S/c1-2-11-8-13(16(25)9-15(11)24)17-14(10-20-21-17)19-23-22-18(26-19)12-6-4-3-5-7-12/h3-10,24-25H,2H2,1H3,(H,20,21). The van der Waals surface area contributed by atoms with Crippen LogP contribution < -0.4 is 0 Å². The second-order valence-electron chi connectivity index (χ2n) is 5.79. The molecule has 3 N–H and O–H groups in total. The summed E-state index contributed by atoms with van der Waals surface area (Å²) in [6.45, 7) is 1.95. The minimum atomic E-state index is -0.0157. The quantitative estimate of drug-likeness (QED) is 0.503. The summed E-state index contributed by atoms with van der Waals surface area (Å²) in [5.41, 5.74) is 3.73. The lowest BCUT2D eigenvalue weighted by atomic mass is 10.0. The van der Waals surface area contributed by atoms with Crippen molar-refractivity contribution in [3.63, 3.8) is 0 Å². The Balaban J connectivity index is 1.78. The van der Waals surface area contributed by atoms with Gasteiger partial charge in [-0.3, -0.25) is 5.10 Å². The van der Waals surface area contributed by atoms with E-state index in [2.05, 4.69) is 20.4 Å². The number of benzene rings is 2. The normalized spacial score (nSPS) is 11.0. The largest absolute Gasteiger partial charge is 0.508 e. The number of hydrogen-bond donors (Lipinski definition) is 3. The smallest absolute Gasteiger partial charge is 0.151 e. The van der Waals surface area contributed by atoms with E-state index in [1.807, 2.05) is 37.3 Å². The van der Waals surface area contributed by atoms with Crippen LogP contribution in [0.25, 0.3) is 32.4 Å². The number of phenolic OH excluding ortho intramolecular Hbond substituents is 2. The fourth-order valence-corrected chi connectivity index (χ4v) is 3.65. The number of aromatic hydroxyl groups is 2. The number of phenols is 2. The maximum atomic E-state index is 10.3. The van der Waals surface area contributed by atoms with Gasteiger partial charge in [-0.2, -0.15) is 5.10 Å². The van der Waals surface area contributed by atoms with Crippen LogP contribution >= 0.6 is 11.3 Å². The maximum Gasteiger partial charge on any atom is 0.151 e. The van der Waals surface area contributed by atoms with Gasteiger partial charge >= 0.3 is 0 Å². The molecule has 7 heteroatoms. The molecule has 26 heavy (non-hydrogen) atoms. The number of nitrogens with zero attached hydrogens (tertiary/aromatic N) is 3. The highest BCUT2D eigenvalue weighted by Crippen LogP contribution is 2.40. The van der Waals surface area contributed by atoms with E-state index in [1.165, 1.54) is 17.4 Å². The zero-order valence-corrected chi connectivity index (χ0v) is 14.8. The topological polar surface area (TPSA) is 94.9 Å². The number of rotatable bonds is 4. The van der Waals surface area contributed by atoms with Crippen LogP contribution in [0, 0.1) is 0 Å². The van der Waals surface area contributed by atoms with Crippen LogP contribution in [-0.4, -0.2) is 30.6 Å². The van der Waals surface area contributed by atoms with Gasteiger partial charge in [0, 0.05) is 17.2 Å². The number of aromatic nitrogens is 4. The van der Waals surface area contributed by atoms with Gasteiger partial charge in [0.2, 0.25) is 0 Å². The predicted molar refractivity (Wildman–Crippen MR) is 101 cm³/mol. The zero-order chi connectivity index (χ0) is 18.1.